The zero-order valence-electron chi connectivity index (χ0n) is 12.9. The first-order valence-electron chi connectivity index (χ1n) is 6.98. The van der Waals surface area contributed by atoms with E-state index in [2.05, 4.69) is 10.0 Å². The second-order valence-electron chi connectivity index (χ2n) is 4.72. The van der Waals surface area contributed by atoms with E-state index in [9.17, 15) is 4.79 Å². The number of aliphatic carboxylic acids is 1. The number of methoxy groups -OCH3 is 1. The first-order valence-corrected chi connectivity index (χ1v) is 6.98. The van der Waals surface area contributed by atoms with E-state index in [4.69, 9.17) is 20.1 Å². The Hall–Kier alpha value is -3.44. The molecule has 0 saturated heterocycles. The average Bonchev–Trinajstić information content (AvgIpc) is 2.59. The number of hydrogen-bond donors (Lipinski definition) is 1. The van der Waals surface area contributed by atoms with Crippen LogP contribution in [0.1, 0.15) is 11.1 Å². The van der Waals surface area contributed by atoms with Crippen LogP contribution in [0.4, 0.5) is 5.69 Å². The number of ether oxygens (including phenoxy) is 2. The minimum Gasteiger partial charge on any atom is -0.497 e. The predicted molar refractivity (Wildman–Crippen MR) is 89.2 cm³/mol. The van der Waals surface area contributed by atoms with E-state index in [1.807, 2.05) is 24.3 Å². The van der Waals surface area contributed by atoms with Crippen molar-refractivity contribution in [3.05, 3.63) is 70.1 Å². The summed E-state index contributed by atoms with van der Waals surface area (Å²) in [5, 5.41) is 12.2. The van der Waals surface area contributed by atoms with Crippen molar-refractivity contribution in [2.45, 2.75) is 6.61 Å². The van der Waals surface area contributed by atoms with Crippen molar-refractivity contribution in [3.63, 3.8) is 0 Å². The van der Waals surface area contributed by atoms with E-state index in [0.717, 1.165) is 17.4 Å². The summed E-state index contributed by atoms with van der Waals surface area (Å²) >= 11 is 0. The molecule has 0 aliphatic rings. The molecule has 2 aromatic rings. The molecule has 0 heterocycles. The van der Waals surface area contributed by atoms with Crippen LogP contribution in [0.5, 0.6) is 11.5 Å². The van der Waals surface area contributed by atoms with Crippen LogP contribution in [0, 0.1) is 0 Å². The molecule has 0 saturated carbocycles. The quantitative estimate of drug-likeness (QED) is 0.354. The minimum absolute atomic E-state index is 0.294. The van der Waals surface area contributed by atoms with E-state index in [0.29, 0.717) is 23.6 Å². The van der Waals surface area contributed by atoms with Crippen molar-refractivity contribution in [2.24, 2.45) is 5.11 Å². The van der Waals surface area contributed by atoms with Gasteiger partial charge in [-0.3, -0.25) is 0 Å². The van der Waals surface area contributed by atoms with Gasteiger partial charge in [0.2, 0.25) is 0 Å². The van der Waals surface area contributed by atoms with Crippen LogP contribution in [0.3, 0.4) is 0 Å². The molecule has 7 heteroatoms. The van der Waals surface area contributed by atoms with Crippen LogP contribution >= 0.6 is 0 Å². The summed E-state index contributed by atoms with van der Waals surface area (Å²) in [7, 11) is 1.60. The highest BCUT2D eigenvalue weighted by atomic mass is 16.5. The van der Waals surface area contributed by atoms with Gasteiger partial charge >= 0.3 is 5.97 Å². The molecule has 0 aliphatic heterocycles. The Labute approximate surface area is 138 Å². The monoisotopic (exact) mass is 325 g/mol. The summed E-state index contributed by atoms with van der Waals surface area (Å²) < 4.78 is 10.8. The molecule has 7 nitrogen and oxygen atoms in total. The first kappa shape index (κ1) is 16.9. The number of azide groups is 1. The number of nitrogens with zero attached hydrogens (tertiary/aromatic N) is 3. The SMILES string of the molecule is COc1ccc(COc2ccc(/C=C\C(=O)O)c(N=[N+]=[N-])c2)cc1. The third-order valence-corrected chi connectivity index (χ3v) is 3.12. The largest absolute Gasteiger partial charge is 0.497 e. The zero-order valence-corrected chi connectivity index (χ0v) is 12.9. The summed E-state index contributed by atoms with van der Waals surface area (Å²) in [6.45, 7) is 0.337. The van der Waals surface area contributed by atoms with Gasteiger partial charge in [-0.1, -0.05) is 23.3 Å². The van der Waals surface area contributed by atoms with Gasteiger partial charge < -0.3 is 14.6 Å². The molecular formula is C17H15N3O4. The van der Waals surface area contributed by atoms with Crippen LogP contribution in [-0.2, 0) is 11.4 Å². The van der Waals surface area contributed by atoms with E-state index >= 15 is 0 Å². The van der Waals surface area contributed by atoms with E-state index in [1.165, 1.54) is 6.08 Å². The maximum absolute atomic E-state index is 10.6. The molecule has 0 fully saturated rings. The molecule has 0 spiro atoms. The summed E-state index contributed by atoms with van der Waals surface area (Å²) in [5.41, 5.74) is 10.4. The van der Waals surface area contributed by atoms with Crippen molar-refractivity contribution in [2.75, 3.05) is 7.11 Å². The Bertz CT molecular complexity index is 794. The van der Waals surface area contributed by atoms with Gasteiger partial charge in [-0.05, 0) is 47.0 Å². The van der Waals surface area contributed by atoms with Gasteiger partial charge in [0.25, 0.3) is 0 Å². The lowest BCUT2D eigenvalue weighted by Gasteiger charge is -2.09. The second-order valence-corrected chi connectivity index (χ2v) is 4.72. The summed E-state index contributed by atoms with van der Waals surface area (Å²) in [5.74, 6) is 0.196. The Kier molecular flexibility index (Phi) is 5.82. The van der Waals surface area contributed by atoms with Gasteiger partial charge in [-0.2, -0.15) is 0 Å². The number of carboxylic acid groups (broad SMARTS) is 1. The fourth-order valence-corrected chi connectivity index (χ4v) is 1.94. The molecule has 122 valence electrons. The summed E-state index contributed by atoms with van der Waals surface area (Å²) in [6, 6.07) is 12.3. The van der Waals surface area contributed by atoms with Crippen LogP contribution in [-0.4, -0.2) is 18.2 Å². The molecule has 24 heavy (non-hydrogen) atoms. The first-order chi connectivity index (χ1) is 11.6. The van der Waals surface area contributed by atoms with Crippen molar-refractivity contribution >= 4 is 17.7 Å². The molecule has 0 atom stereocenters. The highest BCUT2D eigenvalue weighted by Crippen LogP contribution is 2.27. The lowest BCUT2D eigenvalue weighted by atomic mass is 10.1. The van der Waals surface area contributed by atoms with Gasteiger partial charge in [0, 0.05) is 16.7 Å². The lowest BCUT2D eigenvalue weighted by molar-refractivity contribution is -0.131. The van der Waals surface area contributed by atoms with Crippen LogP contribution in [0.25, 0.3) is 16.5 Å². The Morgan fingerprint density at radius 3 is 2.58 bits per heavy atom. The van der Waals surface area contributed by atoms with Gasteiger partial charge in [0.1, 0.15) is 18.1 Å². The van der Waals surface area contributed by atoms with E-state index in [-0.39, 0.29) is 0 Å². The van der Waals surface area contributed by atoms with Crippen molar-refractivity contribution in [1.29, 1.82) is 0 Å². The average molecular weight is 325 g/mol. The van der Waals surface area contributed by atoms with Crippen LogP contribution in [0.2, 0.25) is 0 Å². The molecule has 0 bridgehead atoms. The summed E-state index contributed by atoms with van der Waals surface area (Å²) in [6.07, 6.45) is 2.34. The minimum atomic E-state index is -1.08. The Morgan fingerprint density at radius 2 is 1.96 bits per heavy atom. The van der Waals surface area contributed by atoms with Gasteiger partial charge in [0.15, 0.2) is 0 Å². The maximum Gasteiger partial charge on any atom is 0.328 e. The highest BCUT2D eigenvalue weighted by molar-refractivity contribution is 5.86. The molecule has 0 unspecified atom stereocenters. The third-order valence-electron chi connectivity index (χ3n) is 3.12. The fraction of sp³-hybridized carbons (Fsp3) is 0.118. The molecule has 0 aromatic heterocycles. The fourth-order valence-electron chi connectivity index (χ4n) is 1.94. The van der Waals surface area contributed by atoms with E-state index < -0.39 is 5.97 Å². The second kappa shape index (κ2) is 8.26. The summed E-state index contributed by atoms with van der Waals surface area (Å²) in [4.78, 5) is 13.3. The van der Waals surface area contributed by atoms with Gasteiger partial charge in [-0.15, -0.1) is 0 Å². The smallest absolute Gasteiger partial charge is 0.328 e. The zero-order chi connectivity index (χ0) is 17.4. The highest BCUT2D eigenvalue weighted by Gasteiger charge is 2.03. The molecule has 0 radical (unpaired) electrons. The molecule has 1 N–H and O–H groups in total. The lowest BCUT2D eigenvalue weighted by Crippen LogP contribution is -1.95. The number of carboxylic acids is 1. The van der Waals surface area contributed by atoms with Crippen LogP contribution < -0.4 is 9.47 Å². The molecule has 2 rings (SSSR count). The molecule has 2 aromatic carbocycles. The number of rotatable bonds is 7. The Balaban J connectivity index is 2.13. The third kappa shape index (κ3) is 4.79. The normalized spacial score (nSPS) is 10.2. The van der Waals surface area contributed by atoms with Crippen molar-refractivity contribution < 1.29 is 19.4 Å². The standard InChI is InChI=1S/C17H15N3O4/c1-23-14-6-2-12(3-7-14)11-24-15-8-4-13(5-9-17(21)22)16(10-15)19-20-18/h2-10H,11H2,1H3,(H,21,22)/b9-5-. The van der Waals surface area contributed by atoms with Gasteiger partial charge in [-0.25, -0.2) is 4.79 Å². The molecule has 0 amide bonds. The topological polar surface area (TPSA) is 105 Å². The van der Waals surface area contributed by atoms with Gasteiger partial charge in [0.05, 0.1) is 7.11 Å². The Morgan fingerprint density at radius 1 is 1.25 bits per heavy atom. The van der Waals surface area contributed by atoms with Crippen molar-refractivity contribution in [1.82, 2.24) is 0 Å². The van der Waals surface area contributed by atoms with Crippen LogP contribution in [0.15, 0.2) is 53.7 Å². The number of hydrogen-bond acceptors (Lipinski definition) is 4. The number of carbonyl (C=O) groups is 1. The molecular weight excluding hydrogens is 310 g/mol. The molecule has 0 aliphatic carbocycles. The number of benzene rings is 2. The van der Waals surface area contributed by atoms with E-state index in [1.54, 1.807) is 25.3 Å². The van der Waals surface area contributed by atoms with Crippen molar-refractivity contribution in [3.8, 4) is 11.5 Å². The predicted octanol–water partition coefficient (Wildman–Crippen LogP) is 4.31. The maximum atomic E-state index is 10.6.